The minimum atomic E-state index is -3.69. The van der Waals surface area contributed by atoms with E-state index in [1.807, 2.05) is 13.8 Å². The summed E-state index contributed by atoms with van der Waals surface area (Å²) in [6.07, 6.45) is 0.998. The standard InChI is InChI=1S/C23H28N2O5S/c1-15-10-16(2)14-25(13-15)31(28,29)20-7-5-6-18(11-20)22(26)24-21-12-19(23(27)30-4)9-8-17(21)3/h5-9,11-12,15-16H,10,13-14H2,1-4H3,(H,24,26). The smallest absolute Gasteiger partial charge is 0.337 e. The van der Waals surface area contributed by atoms with Crippen molar-refractivity contribution in [3.63, 3.8) is 0 Å². The molecule has 8 heteroatoms. The number of ether oxygens (including phenoxy) is 1. The summed E-state index contributed by atoms with van der Waals surface area (Å²) in [5.74, 6) is -0.388. The Bertz CT molecular complexity index is 1090. The SMILES string of the molecule is COC(=O)c1ccc(C)c(NC(=O)c2cccc(S(=O)(=O)N3CC(C)CC(C)C3)c2)c1. The number of benzene rings is 2. The fourth-order valence-electron chi connectivity index (χ4n) is 3.94. The number of nitrogens with one attached hydrogen (secondary N) is 1. The molecule has 0 aromatic heterocycles. The van der Waals surface area contributed by atoms with Crippen LogP contribution in [0.4, 0.5) is 5.69 Å². The van der Waals surface area contributed by atoms with Crippen molar-refractivity contribution in [2.45, 2.75) is 32.1 Å². The van der Waals surface area contributed by atoms with Gasteiger partial charge in [0.15, 0.2) is 0 Å². The van der Waals surface area contributed by atoms with Crippen molar-refractivity contribution in [1.82, 2.24) is 4.31 Å². The molecular weight excluding hydrogens is 416 g/mol. The van der Waals surface area contributed by atoms with E-state index in [0.717, 1.165) is 12.0 Å². The van der Waals surface area contributed by atoms with Crippen LogP contribution in [0.3, 0.4) is 0 Å². The molecule has 3 rings (SSSR count). The Morgan fingerprint density at radius 2 is 1.71 bits per heavy atom. The molecule has 1 N–H and O–H groups in total. The molecule has 7 nitrogen and oxygen atoms in total. The highest BCUT2D eigenvalue weighted by molar-refractivity contribution is 7.89. The van der Waals surface area contributed by atoms with Crippen LogP contribution >= 0.6 is 0 Å². The van der Waals surface area contributed by atoms with Crippen molar-refractivity contribution in [2.24, 2.45) is 11.8 Å². The molecule has 2 aromatic rings. The number of anilines is 1. The van der Waals surface area contributed by atoms with Gasteiger partial charge in [-0.2, -0.15) is 4.31 Å². The number of hydrogen-bond donors (Lipinski definition) is 1. The number of carbonyl (C=O) groups excluding carboxylic acids is 2. The highest BCUT2D eigenvalue weighted by atomic mass is 32.2. The second-order valence-electron chi connectivity index (χ2n) is 8.27. The van der Waals surface area contributed by atoms with Crippen LogP contribution in [0.1, 0.15) is 46.5 Å². The van der Waals surface area contributed by atoms with Gasteiger partial charge in [0.2, 0.25) is 10.0 Å². The van der Waals surface area contributed by atoms with Crippen molar-refractivity contribution in [3.05, 3.63) is 59.2 Å². The molecule has 1 amide bonds. The molecule has 0 spiro atoms. The third kappa shape index (κ3) is 5.14. The first-order valence-corrected chi connectivity index (χ1v) is 11.7. The van der Waals surface area contributed by atoms with Gasteiger partial charge < -0.3 is 10.1 Å². The summed E-state index contributed by atoms with van der Waals surface area (Å²) in [5.41, 5.74) is 1.76. The van der Waals surface area contributed by atoms with E-state index in [9.17, 15) is 18.0 Å². The number of esters is 1. The molecule has 1 aliphatic heterocycles. The largest absolute Gasteiger partial charge is 0.465 e. The summed E-state index contributed by atoms with van der Waals surface area (Å²) in [6.45, 7) is 6.85. The molecule has 1 aliphatic rings. The van der Waals surface area contributed by atoms with Gasteiger partial charge in [0.25, 0.3) is 5.91 Å². The van der Waals surface area contributed by atoms with E-state index in [4.69, 9.17) is 4.74 Å². The van der Waals surface area contributed by atoms with E-state index >= 15 is 0 Å². The summed E-state index contributed by atoms with van der Waals surface area (Å²) >= 11 is 0. The third-order valence-electron chi connectivity index (χ3n) is 5.48. The average molecular weight is 445 g/mol. The third-order valence-corrected chi connectivity index (χ3v) is 7.30. The zero-order valence-electron chi connectivity index (χ0n) is 18.2. The quantitative estimate of drug-likeness (QED) is 0.710. The molecule has 166 valence electrons. The minimum Gasteiger partial charge on any atom is -0.465 e. The Hall–Kier alpha value is -2.71. The van der Waals surface area contributed by atoms with Crippen molar-refractivity contribution in [2.75, 3.05) is 25.5 Å². The molecule has 2 aromatic carbocycles. The van der Waals surface area contributed by atoms with Crippen molar-refractivity contribution < 1.29 is 22.7 Å². The van der Waals surface area contributed by atoms with E-state index in [1.165, 1.54) is 29.6 Å². The van der Waals surface area contributed by atoms with Crippen LogP contribution < -0.4 is 5.32 Å². The maximum Gasteiger partial charge on any atom is 0.337 e. The summed E-state index contributed by atoms with van der Waals surface area (Å²) in [5, 5.41) is 2.76. The second-order valence-corrected chi connectivity index (χ2v) is 10.2. The lowest BCUT2D eigenvalue weighted by atomic mass is 9.94. The number of rotatable bonds is 5. The minimum absolute atomic E-state index is 0.0986. The Balaban J connectivity index is 1.85. The molecular formula is C23H28N2O5S. The molecule has 1 fully saturated rings. The summed E-state index contributed by atoms with van der Waals surface area (Å²) in [4.78, 5) is 24.7. The van der Waals surface area contributed by atoms with Gasteiger partial charge >= 0.3 is 5.97 Å². The second kappa shape index (κ2) is 9.20. The Kier molecular flexibility index (Phi) is 6.81. The number of amides is 1. The fourth-order valence-corrected chi connectivity index (χ4v) is 5.67. The summed E-state index contributed by atoms with van der Waals surface area (Å²) in [7, 11) is -2.41. The lowest BCUT2D eigenvalue weighted by Gasteiger charge is -2.34. The van der Waals surface area contributed by atoms with E-state index in [1.54, 1.807) is 31.2 Å². The molecule has 2 atom stereocenters. The molecule has 0 bridgehead atoms. The molecule has 0 radical (unpaired) electrons. The van der Waals surface area contributed by atoms with Crippen molar-refractivity contribution >= 4 is 27.6 Å². The molecule has 31 heavy (non-hydrogen) atoms. The lowest BCUT2D eigenvalue weighted by molar-refractivity contribution is 0.0600. The van der Waals surface area contributed by atoms with Gasteiger partial charge in [-0.3, -0.25) is 4.79 Å². The maximum atomic E-state index is 13.2. The summed E-state index contributed by atoms with van der Waals surface area (Å²) < 4.78 is 32.6. The Morgan fingerprint density at radius 3 is 2.35 bits per heavy atom. The van der Waals surface area contributed by atoms with Crippen LogP contribution in [0.25, 0.3) is 0 Å². The van der Waals surface area contributed by atoms with Gasteiger partial charge in [-0.25, -0.2) is 13.2 Å². The number of methoxy groups -OCH3 is 1. The Morgan fingerprint density at radius 1 is 1.03 bits per heavy atom. The Labute approximate surface area is 183 Å². The van der Waals surface area contributed by atoms with E-state index in [0.29, 0.717) is 24.3 Å². The highest BCUT2D eigenvalue weighted by Crippen LogP contribution is 2.27. The molecule has 2 unspecified atom stereocenters. The summed E-state index contributed by atoms with van der Waals surface area (Å²) in [6, 6.07) is 10.9. The lowest BCUT2D eigenvalue weighted by Crippen LogP contribution is -2.42. The maximum absolute atomic E-state index is 13.2. The number of hydrogen-bond acceptors (Lipinski definition) is 5. The predicted molar refractivity (Wildman–Crippen MR) is 119 cm³/mol. The molecule has 1 heterocycles. The number of nitrogens with zero attached hydrogens (tertiary/aromatic N) is 1. The van der Waals surface area contributed by atoms with Gasteiger partial charge in [-0.15, -0.1) is 0 Å². The van der Waals surface area contributed by atoms with Crippen LogP contribution in [0, 0.1) is 18.8 Å². The van der Waals surface area contributed by atoms with Gasteiger partial charge in [0, 0.05) is 24.3 Å². The monoisotopic (exact) mass is 444 g/mol. The van der Waals surface area contributed by atoms with Gasteiger partial charge in [0.1, 0.15) is 0 Å². The van der Waals surface area contributed by atoms with Crippen LogP contribution in [0.5, 0.6) is 0 Å². The molecule has 0 aliphatic carbocycles. The topological polar surface area (TPSA) is 92.8 Å². The first-order chi connectivity index (χ1) is 14.6. The molecule has 1 saturated heterocycles. The van der Waals surface area contributed by atoms with E-state index in [2.05, 4.69) is 5.32 Å². The van der Waals surface area contributed by atoms with E-state index < -0.39 is 21.9 Å². The van der Waals surface area contributed by atoms with Crippen molar-refractivity contribution in [1.29, 1.82) is 0 Å². The predicted octanol–water partition coefficient (Wildman–Crippen LogP) is 3.70. The number of carbonyl (C=O) groups is 2. The fraction of sp³-hybridized carbons (Fsp3) is 0.391. The van der Waals surface area contributed by atoms with Crippen LogP contribution in [-0.2, 0) is 14.8 Å². The first kappa shape index (κ1) is 23.0. The number of piperidine rings is 1. The molecule has 0 saturated carbocycles. The average Bonchev–Trinajstić information content (AvgIpc) is 2.74. The van der Waals surface area contributed by atoms with Crippen molar-refractivity contribution in [3.8, 4) is 0 Å². The zero-order chi connectivity index (χ0) is 22.8. The van der Waals surface area contributed by atoms with E-state index in [-0.39, 0.29) is 22.3 Å². The van der Waals surface area contributed by atoms with Crippen LogP contribution in [-0.4, -0.2) is 44.8 Å². The zero-order valence-corrected chi connectivity index (χ0v) is 19.0. The number of aryl methyl sites for hydroxylation is 1. The normalized spacial score (nSPS) is 19.6. The van der Waals surface area contributed by atoms with Gasteiger partial charge in [-0.1, -0.05) is 26.0 Å². The highest BCUT2D eigenvalue weighted by Gasteiger charge is 2.32. The first-order valence-electron chi connectivity index (χ1n) is 10.2. The van der Waals surface area contributed by atoms with Crippen LogP contribution in [0.15, 0.2) is 47.4 Å². The van der Waals surface area contributed by atoms with Crippen LogP contribution in [0.2, 0.25) is 0 Å². The number of sulfonamides is 1. The van der Waals surface area contributed by atoms with Gasteiger partial charge in [0.05, 0.1) is 17.6 Å². The van der Waals surface area contributed by atoms with Gasteiger partial charge in [-0.05, 0) is 61.1 Å².